The van der Waals surface area contributed by atoms with Crippen LogP contribution in [0, 0.1) is 25.2 Å². The molecule has 5 nitrogen and oxygen atoms in total. The molecule has 1 aliphatic carbocycles. The van der Waals surface area contributed by atoms with E-state index < -0.39 is 0 Å². The molecule has 4 rings (SSSR count). The van der Waals surface area contributed by atoms with Gasteiger partial charge in [0.2, 0.25) is 5.91 Å². The van der Waals surface area contributed by atoms with E-state index in [1.165, 1.54) is 5.56 Å². The van der Waals surface area contributed by atoms with Crippen LogP contribution in [0.15, 0.2) is 30.3 Å². The molecule has 1 saturated heterocycles. The number of nitriles is 1. The number of thioether (sulfide) groups is 1. The van der Waals surface area contributed by atoms with Gasteiger partial charge in [0.25, 0.3) is 5.24 Å². The Kier molecular flexibility index (Phi) is 4.86. The van der Waals surface area contributed by atoms with Gasteiger partial charge in [0.1, 0.15) is 16.7 Å². The first-order chi connectivity index (χ1) is 13.5. The zero-order valence-electron chi connectivity index (χ0n) is 15.7. The summed E-state index contributed by atoms with van der Waals surface area (Å²) in [5.74, 6) is 1.31. The Bertz CT molecular complexity index is 1000. The number of hydrogen-bond donors (Lipinski definition) is 1. The van der Waals surface area contributed by atoms with Crippen LogP contribution in [0.5, 0.6) is 11.5 Å². The topological polar surface area (TPSA) is 79.2 Å². The number of benzene rings is 2. The Labute approximate surface area is 168 Å². The Morgan fingerprint density at radius 2 is 1.89 bits per heavy atom. The number of nitrogens with zero attached hydrogens (tertiary/aromatic N) is 1. The molecule has 2 atom stereocenters. The molecule has 2 aromatic carbocycles. The second kappa shape index (κ2) is 7.33. The Hall–Kier alpha value is -2.78. The summed E-state index contributed by atoms with van der Waals surface area (Å²) in [5.41, 5.74) is 4.77. The quantitative estimate of drug-likeness (QED) is 0.816. The molecule has 1 fully saturated rings. The summed E-state index contributed by atoms with van der Waals surface area (Å²) in [6, 6.07) is 11.9. The van der Waals surface area contributed by atoms with Crippen molar-refractivity contribution in [2.75, 3.05) is 0 Å². The third-order valence-corrected chi connectivity index (χ3v) is 6.52. The summed E-state index contributed by atoms with van der Waals surface area (Å²) in [5, 5.41) is 11.0. The normalized spacial score (nSPS) is 21.0. The van der Waals surface area contributed by atoms with Gasteiger partial charge in [-0.2, -0.15) is 5.26 Å². The zero-order chi connectivity index (χ0) is 19.8. The van der Waals surface area contributed by atoms with Crippen LogP contribution in [0.3, 0.4) is 0 Å². The molecule has 1 aliphatic heterocycles. The number of nitrogens with one attached hydrogen (secondary N) is 1. The lowest BCUT2D eigenvalue weighted by Crippen LogP contribution is -2.30. The minimum absolute atomic E-state index is 0.0497. The molecule has 2 amide bonds. The molecule has 1 heterocycles. The van der Waals surface area contributed by atoms with E-state index in [4.69, 9.17) is 4.74 Å². The van der Waals surface area contributed by atoms with E-state index in [1.807, 2.05) is 44.2 Å². The second-order valence-corrected chi connectivity index (χ2v) is 8.43. The number of imide groups is 1. The van der Waals surface area contributed by atoms with Crippen LogP contribution in [0.1, 0.15) is 46.6 Å². The smallest absolute Gasteiger partial charge is 0.286 e. The van der Waals surface area contributed by atoms with E-state index in [2.05, 4.69) is 11.4 Å². The van der Waals surface area contributed by atoms with Crippen molar-refractivity contribution in [1.82, 2.24) is 5.32 Å². The van der Waals surface area contributed by atoms with Crippen LogP contribution >= 0.6 is 11.8 Å². The van der Waals surface area contributed by atoms with Crippen LogP contribution in [0.25, 0.3) is 0 Å². The number of aryl methyl sites for hydroxylation is 3. The monoisotopic (exact) mass is 392 g/mol. The average Bonchev–Trinajstić information content (AvgIpc) is 2.99. The molecule has 1 unspecified atom stereocenters. The second-order valence-electron chi connectivity index (χ2n) is 7.32. The largest absolute Gasteiger partial charge is 0.457 e. The van der Waals surface area contributed by atoms with Crippen molar-refractivity contribution in [2.24, 2.45) is 0 Å². The molecule has 6 heteroatoms. The van der Waals surface area contributed by atoms with Gasteiger partial charge >= 0.3 is 0 Å². The molecule has 0 saturated carbocycles. The number of carbonyl (C=O) groups excluding carboxylic acids is 2. The molecule has 1 N–H and O–H groups in total. The molecule has 2 aromatic rings. The first-order valence-corrected chi connectivity index (χ1v) is 10.2. The highest BCUT2D eigenvalue weighted by atomic mass is 32.2. The lowest BCUT2D eigenvalue weighted by Gasteiger charge is -2.28. The number of ether oxygens (including phenoxy) is 1. The van der Waals surface area contributed by atoms with Gasteiger partial charge in [0.15, 0.2) is 0 Å². The van der Waals surface area contributed by atoms with Gasteiger partial charge in [-0.05, 0) is 79.6 Å². The zero-order valence-corrected chi connectivity index (χ0v) is 16.6. The Morgan fingerprint density at radius 1 is 1.14 bits per heavy atom. The summed E-state index contributed by atoms with van der Waals surface area (Å²) in [7, 11) is 0. The number of amides is 2. The fourth-order valence-electron chi connectivity index (χ4n) is 4.14. The van der Waals surface area contributed by atoms with E-state index in [1.54, 1.807) is 0 Å². The summed E-state index contributed by atoms with van der Waals surface area (Å²) < 4.78 is 6.06. The van der Waals surface area contributed by atoms with E-state index in [0.717, 1.165) is 53.5 Å². The van der Waals surface area contributed by atoms with Crippen molar-refractivity contribution in [2.45, 2.75) is 44.3 Å². The molecule has 142 valence electrons. The van der Waals surface area contributed by atoms with Gasteiger partial charge < -0.3 is 4.74 Å². The minimum atomic E-state index is -0.345. The fourth-order valence-corrected chi connectivity index (χ4v) is 5.14. The molecule has 0 bridgehead atoms. The first kappa shape index (κ1) is 18.6. The van der Waals surface area contributed by atoms with Crippen LogP contribution in [0.4, 0.5) is 4.79 Å². The summed E-state index contributed by atoms with van der Waals surface area (Å²) in [4.78, 5) is 23.7. The van der Waals surface area contributed by atoms with Gasteiger partial charge in [0.05, 0.1) is 11.6 Å². The fraction of sp³-hybridized carbons (Fsp3) is 0.318. The van der Waals surface area contributed by atoms with Gasteiger partial charge in [-0.25, -0.2) is 0 Å². The molecule has 2 aliphatic rings. The third kappa shape index (κ3) is 3.38. The average molecular weight is 392 g/mol. The highest BCUT2D eigenvalue weighted by Gasteiger charge is 2.40. The first-order valence-electron chi connectivity index (χ1n) is 9.30. The maximum absolute atomic E-state index is 12.1. The highest BCUT2D eigenvalue weighted by molar-refractivity contribution is 8.15. The molecule has 0 aromatic heterocycles. The van der Waals surface area contributed by atoms with Gasteiger partial charge in [-0.15, -0.1) is 0 Å². The van der Waals surface area contributed by atoms with E-state index in [-0.39, 0.29) is 22.3 Å². The third-order valence-electron chi connectivity index (χ3n) is 5.41. The SMILES string of the molecule is Cc1cc(Oc2ccc3c(c2)CCC[C@H]3C2SC(=O)NC2=O)cc(C)c1C#N. The highest BCUT2D eigenvalue weighted by Crippen LogP contribution is 2.42. The molecule has 28 heavy (non-hydrogen) atoms. The predicted molar refractivity (Wildman–Crippen MR) is 108 cm³/mol. The maximum atomic E-state index is 12.1. The Balaban J connectivity index is 1.60. The van der Waals surface area contributed by atoms with E-state index >= 15 is 0 Å². The van der Waals surface area contributed by atoms with Crippen LogP contribution < -0.4 is 10.1 Å². The number of hydrogen-bond acceptors (Lipinski definition) is 5. The number of fused-ring (bicyclic) bond motifs is 1. The van der Waals surface area contributed by atoms with Crippen molar-refractivity contribution < 1.29 is 14.3 Å². The van der Waals surface area contributed by atoms with Gasteiger partial charge in [-0.3, -0.25) is 14.9 Å². The minimum Gasteiger partial charge on any atom is -0.457 e. The molecular weight excluding hydrogens is 372 g/mol. The van der Waals surface area contributed by atoms with Gasteiger partial charge in [0, 0.05) is 5.92 Å². The van der Waals surface area contributed by atoms with Crippen molar-refractivity contribution in [1.29, 1.82) is 5.26 Å². The van der Waals surface area contributed by atoms with Crippen molar-refractivity contribution in [3.05, 3.63) is 58.1 Å². The Morgan fingerprint density at radius 3 is 2.54 bits per heavy atom. The van der Waals surface area contributed by atoms with Gasteiger partial charge in [-0.1, -0.05) is 17.8 Å². The van der Waals surface area contributed by atoms with Crippen molar-refractivity contribution >= 4 is 22.9 Å². The number of carbonyl (C=O) groups is 2. The standard InChI is InChI=1S/C22H20N2O3S/c1-12-8-16(9-13(2)19(12)11-23)27-15-6-7-17-14(10-15)4-3-5-18(17)20-21(25)24-22(26)28-20/h6-10,18,20H,3-5H2,1-2H3,(H,24,25,26)/t18-,20?/m1/s1. The molecule has 0 radical (unpaired) electrons. The number of rotatable bonds is 3. The lowest BCUT2D eigenvalue weighted by molar-refractivity contribution is -0.119. The van der Waals surface area contributed by atoms with Crippen LogP contribution in [-0.2, 0) is 11.2 Å². The summed E-state index contributed by atoms with van der Waals surface area (Å²) >= 11 is 1.10. The van der Waals surface area contributed by atoms with Crippen molar-refractivity contribution in [3.8, 4) is 17.6 Å². The van der Waals surface area contributed by atoms with Crippen LogP contribution in [0.2, 0.25) is 0 Å². The predicted octanol–water partition coefficient (Wildman–Crippen LogP) is 4.74. The molecule has 0 spiro atoms. The molecular formula is C22H20N2O3S. The summed E-state index contributed by atoms with van der Waals surface area (Å²) in [6.07, 6.45) is 2.82. The van der Waals surface area contributed by atoms with Crippen molar-refractivity contribution in [3.63, 3.8) is 0 Å². The van der Waals surface area contributed by atoms with Crippen LogP contribution in [-0.4, -0.2) is 16.4 Å². The van der Waals surface area contributed by atoms with E-state index in [0.29, 0.717) is 11.3 Å². The maximum Gasteiger partial charge on any atom is 0.286 e. The van der Waals surface area contributed by atoms with E-state index in [9.17, 15) is 14.9 Å². The summed E-state index contributed by atoms with van der Waals surface area (Å²) in [6.45, 7) is 3.81. The lowest BCUT2D eigenvalue weighted by atomic mass is 9.80.